The van der Waals surface area contributed by atoms with Crippen LogP contribution in [0.1, 0.15) is 19.3 Å². The number of anilines is 1. The van der Waals surface area contributed by atoms with Crippen LogP contribution >= 0.6 is 0 Å². The van der Waals surface area contributed by atoms with Gasteiger partial charge in [0.05, 0.1) is 23.8 Å². The van der Waals surface area contributed by atoms with E-state index in [9.17, 15) is 17.6 Å². The predicted molar refractivity (Wildman–Crippen MR) is 128 cm³/mol. The summed E-state index contributed by atoms with van der Waals surface area (Å²) in [4.78, 5) is 13.0. The molecule has 0 aliphatic carbocycles. The van der Waals surface area contributed by atoms with Crippen molar-refractivity contribution in [2.45, 2.75) is 24.2 Å². The number of amides is 1. The fourth-order valence-electron chi connectivity index (χ4n) is 4.32. The lowest BCUT2D eigenvalue weighted by Gasteiger charge is -2.30. The second-order valence-corrected chi connectivity index (χ2v) is 10.5. The van der Waals surface area contributed by atoms with Gasteiger partial charge in [0.15, 0.2) is 11.5 Å². The van der Waals surface area contributed by atoms with E-state index in [2.05, 4.69) is 5.32 Å². The number of sulfonamides is 1. The van der Waals surface area contributed by atoms with Crippen molar-refractivity contribution >= 4 is 21.6 Å². The van der Waals surface area contributed by atoms with Gasteiger partial charge in [-0.05, 0) is 55.3 Å². The SMILES string of the molecule is O=C(Nc1cc(-n2cccc2)ccc1F)C1CCN(S(=O)(=O)c2ccc3c(c2)OCCCO3)CC1. The summed E-state index contributed by atoms with van der Waals surface area (Å²) in [5.41, 5.74) is 0.825. The van der Waals surface area contributed by atoms with Gasteiger partial charge in [0.25, 0.3) is 0 Å². The number of carbonyl (C=O) groups excluding carboxylic acids is 1. The Morgan fingerprint density at radius 3 is 2.43 bits per heavy atom. The van der Waals surface area contributed by atoms with Crippen molar-refractivity contribution in [3.63, 3.8) is 0 Å². The average Bonchev–Trinajstić information content (AvgIpc) is 3.30. The summed E-state index contributed by atoms with van der Waals surface area (Å²) in [5, 5.41) is 2.68. The van der Waals surface area contributed by atoms with Crippen molar-refractivity contribution in [1.82, 2.24) is 8.87 Å². The third kappa shape index (κ3) is 4.89. The Morgan fingerprint density at radius 2 is 1.69 bits per heavy atom. The zero-order valence-corrected chi connectivity index (χ0v) is 19.8. The summed E-state index contributed by atoms with van der Waals surface area (Å²) in [6, 6.07) is 12.9. The largest absolute Gasteiger partial charge is 0.490 e. The minimum Gasteiger partial charge on any atom is -0.490 e. The highest BCUT2D eigenvalue weighted by molar-refractivity contribution is 7.89. The number of fused-ring (bicyclic) bond motifs is 1. The Hall–Kier alpha value is -3.37. The first-order valence-corrected chi connectivity index (χ1v) is 13.0. The van der Waals surface area contributed by atoms with Crippen LogP contribution in [-0.4, -0.2) is 49.5 Å². The molecular formula is C25H26FN3O5S. The van der Waals surface area contributed by atoms with Gasteiger partial charge in [0.2, 0.25) is 15.9 Å². The van der Waals surface area contributed by atoms with Crippen LogP contribution in [0.3, 0.4) is 0 Å². The van der Waals surface area contributed by atoms with Crippen LogP contribution in [0.15, 0.2) is 65.8 Å². The number of benzene rings is 2. The third-order valence-corrected chi connectivity index (χ3v) is 8.19. The highest BCUT2D eigenvalue weighted by atomic mass is 32.2. The molecule has 10 heteroatoms. The van der Waals surface area contributed by atoms with E-state index in [4.69, 9.17) is 9.47 Å². The molecule has 5 rings (SSSR count). The quantitative estimate of drug-likeness (QED) is 0.577. The standard InChI is InChI=1S/C25H26FN3O5S/c26-21-6-4-19(28-10-1-2-11-28)16-22(21)27-25(30)18-8-12-29(13-9-18)35(31,32)20-5-7-23-24(17-20)34-15-3-14-33-23/h1-2,4-7,10-11,16-18H,3,8-9,12-15H2,(H,27,30). The molecule has 0 radical (unpaired) electrons. The highest BCUT2D eigenvalue weighted by Gasteiger charge is 2.33. The van der Waals surface area contributed by atoms with Crippen molar-refractivity contribution in [1.29, 1.82) is 0 Å². The number of nitrogens with zero attached hydrogens (tertiary/aromatic N) is 2. The summed E-state index contributed by atoms with van der Waals surface area (Å²) in [5.74, 6) is -0.309. The number of piperidine rings is 1. The number of hydrogen-bond acceptors (Lipinski definition) is 5. The van der Waals surface area contributed by atoms with E-state index in [-0.39, 0.29) is 29.6 Å². The summed E-state index contributed by atoms with van der Waals surface area (Å²) < 4.78 is 55.2. The molecule has 184 valence electrons. The molecule has 35 heavy (non-hydrogen) atoms. The van der Waals surface area contributed by atoms with Crippen molar-refractivity contribution in [2.75, 3.05) is 31.6 Å². The molecule has 1 saturated heterocycles. The van der Waals surface area contributed by atoms with Crippen LogP contribution < -0.4 is 14.8 Å². The Labute approximate surface area is 203 Å². The normalized spacial score (nSPS) is 17.1. The second-order valence-electron chi connectivity index (χ2n) is 8.58. The second kappa shape index (κ2) is 9.71. The van der Waals surface area contributed by atoms with E-state index in [0.717, 1.165) is 12.1 Å². The number of halogens is 1. The summed E-state index contributed by atoms with van der Waals surface area (Å²) in [7, 11) is -3.75. The molecule has 0 bridgehead atoms. The Kier molecular flexibility index (Phi) is 6.48. The number of carbonyl (C=O) groups is 1. The lowest BCUT2D eigenvalue weighted by molar-refractivity contribution is -0.120. The van der Waals surface area contributed by atoms with E-state index in [0.29, 0.717) is 37.6 Å². The van der Waals surface area contributed by atoms with E-state index in [1.54, 1.807) is 18.2 Å². The van der Waals surface area contributed by atoms with E-state index < -0.39 is 21.8 Å². The molecule has 0 spiro atoms. The zero-order chi connectivity index (χ0) is 24.4. The van der Waals surface area contributed by atoms with E-state index in [1.807, 2.05) is 29.1 Å². The molecule has 1 aromatic heterocycles. The Balaban J connectivity index is 1.24. The summed E-state index contributed by atoms with van der Waals surface area (Å²) in [6.45, 7) is 1.38. The maximum atomic E-state index is 14.4. The average molecular weight is 500 g/mol. The number of hydrogen-bond donors (Lipinski definition) is 1. The molecule has 0 atom stereocenters. The number of nitrogens with one attached hydrogen (secondary N) is 1. The highest BCUT2D eigenvalue weighted by Crippen LogP contribution is 2.34. The first kappa shape index (κ1) is 23.4. The van der Waals surface area contributed by atoms with Gasteiger partial charge >= 0.3 is 0 Å². The van der Waals surface area contributed by atoms with Crippen molar-refractivity contribution in [3.8, 4) is 17.2 Å². The van der Waals surface area contributed by atoms with Crippen LogP contribution in [0, 0.1) is 11.7 Å². The van der Waals surface area contributed by atoms with Crippen LogP contribution in [0.2, 0.25) is 0 Å². The molecule has 2 aromatic carbocycles. The molecule has 8 nitrogen and oxygen atoms in total. The van der Waals surface area contributed by atoms with Crippen LogP contribution in [0.5, 0.6) is 11.5 Å². The lowest BCUT2D eigenvalue weighted by Crippen LogP contribution is -2.41. The van der Waals surface area contributed by atoms with Crippen molar-refractivity contribution in [3.05, 3.63) is 66.7 Å². The summed E-state index contributed by atoms with van der Waals surface area (Å²) in [6.07, 6.45) is 5.08. The molecule has 1 fully saturated rings. The van der Waals surface area contributed by atoms with Crippen molar-refractivity contribution in [2.24, 2.45) is 5.92 Å². The predicted octanol–water partition coefficient (Wildman–Crippen LogP) is 3.82. The fraction of sp³-hybridized carbons (Fsp3) is 0.320. The smallest absolute Gasteiger partial charge is 0.243 e. The first-order chi connectivity index (χ1) is 16.9. The first-order valence-electron chi connectivity index (χ1n) is 11.6. The van der Waals surface area contributed by atoms with E-state index in [1.165, 1.54) is 22.5 Å². The molecule has 0 unspecified atom stereocenters. The van der Waals surface area contributed by atoms with Gasteiger partial charge in [-0.1, -0.05) is 0 Å². The van der Waals surface area contributed by atoms with Gasteiger partial charge in [-0.15, -0.1) is 0 Å². The van der Waals surface area contributed by atoms with Gasteiger partial charge in [-0.3, -0.25) is 4.79 Å². The molecule has 1 amide bonds. The Bertz CT molecular complexity index is 1320. The molecule has 3 aromatic rings. The van der Waals surface area contributed by atoms with Gasteiger partial charge < -0.3 is 19.4 Å². The minimum absolute atomic E-state index is 0.100. The topological polar surface area (TPSA) is 89.9 Å². The third-order valence-electron chi connectivity index (χ3n) is 6.29. The van der Waals surface area contributed by atoms with Crippen LogP contribution in [0.25, 0.3) is 5.69 Å². The van der Waals surface area contributed by atoms with Gasteiger partial charge in [0, 0.05) is 49.6 Å². The molecule has 0 saturated carbocycles. The molecule has 1 N–H and O–H groups in total. The van der Waals surface area contributed by atoms with Gasteiger partial charge in [0.1, 0.15) is 5.82 Å². The molecule has 3 heterocycles. The Morgan fingerprint density at radius 1 is 0.971 bits per heavy atom. The zero-order valence-electron chi connectivity index (χ0n) is 19.0. The molecular weight excluding hydrogens is 473 g/mol. The monoisotopic (exact) mass is 499 g/mol. The van der Waals surface area contributed by atoms with Crippen molar-refractivity contribution < 1.29 is 27.1 Å². The minimum atomic E-state index is -3.75. The number of rotatable bonds is 5. The summed E-state index contributed by atoms with van der Waals surface area (Å²) >= 11 is 0. The number of aromatic nitrogens is 1. The van der Waals surface area contributed by atoms with Gasteiger partial charge in [-0.2, -0.15) is 4.31 Å². The lowest BCUT2D eigenvalue weighted by atomic mass is 9.97. The van der Waals surface area contributed by atoms with Crippen LogP contribution in [0.4, 0.5) is 10.1 Å². The number of ether oxygens (including phenoxy) is 2. The van der Waals surface area contributed by atoms with Crippen LogP contribution in [-0.2, 0) is 14.8 Å². The fourth-order valence-corrected chi connectivity index (χ4v) is 5.81. The molecule has 2 aliphatic rings. The van der Waals surface area contributed by atoms with E-state index >= 15 is 0 Å². The van der Waals surface area contributed by atoms with Gasteiger partial charge in [-0.25, -0.2) is 12.8 Å². The maximum absolute atomic E-state index is 14.4. The maximum Gasteiger partial charge on any atom is 0.243 e. The molecule has 2 aliphatic heterocycles.